The molecule has 0 saturated heterocycles. The summed E-state index contributed by atoms with van der Waals surface area (Å²) in [5.74, 6) is 1.71. The van der Waals surface area contributed by atoms with Gasteiger partial charge in [-0.05, 0) is 0 Å². The largest absolute Gasteiger partial charge is 0.587 e. The van der Waals surface area contributed by atoms with Crippen LogP contribution in [-0.2, 0) is 0 Å². The minimum absolute atomic E-state index is 0. The van der Waals surface area contributed by atoms with E-state index in [0.717, 1.165) is 0 Å². The maximum atomic E-state index is 7.03. The minimum atomic E-state index is 0. The van der Waals surface area contributed by atoms with Gasteiger partial charge in [0.2, 0.25) is 0 Å². The molecule has 0 atom stereocenters. The molecule has 3 aromatic rings. The maximum Gasteiger partial charge on any atom is 0.351 e. The summed E-state index contributed by atoms with van der Waals surface area (Å²) in [6.07, 6.45) is 0. The fourth-order valence-corrected chi connectivity index (χ4v) is 1.45. The van der Waals surface area contributed by atoms with Crippen molar-refractivity contribution >= 4 is 17.6 Å². The summed E-state index contributed by atoms with van der Waals surface area (Å²) in [4.78, 5) is 0. The van der Waals surface area contributed by atoms with Gasteiger partial charge in [0.15, 0.2) is 0 Å². The fourth-order valence-electron chi connectivity index (χ4n) is 1.45. The molecule has 0 unspecified atom stereocenters. The zero-order valence-corrected chi connectivity index (χ0v) is 15.5. The Morgan fingerprint density at radius 2 is 0.440 bits per heavy atom. The minimum Gasteiger partial charge on any atom is -0.587 e. The second kappa shape index (κ2) is 11.5. The van der Waals surface area contributed by atoms with Crippen LogP contribution in [0.2, 0.25) is 0 Å². The fraction of sp³-hybridized carbons (Fsp3) is 0. The van der Waals surface area contributed by atoms with Crippen LogP contribution in [0.5, 0.6) is 34.5 Å². The van der Waals surface area contributed by atoms with Gasteiger partial charge in [-0.25, -0.2) is 0 Å². The summed E-state index contributed by atoms with van der Waals surface area (Å²) < 4.78 is 0. The van der Waals surface area contributed by atoms with Crippen LogP contribution in [0.15, 0.2) is 72.8 Å². The molecule has 25 heavy (non-hydrogen) atoms. The van der Waals surface area contributed by atoms with Crippen LogP contribution < -0.4 is 0 Å². The summed E-state index contributed by atoms with van der Waals surface area (Å²) in [6.45, 7) is 0. The zero-order valence-electron chi connectivity index (χ0n) is 13.4. The molecule has 7 heteroatoms. The molecule has 0 amide bonds. The molecule has 6 nitrogen and oxygen atoms in total. The van der Waals surface area contributed by atoms with Crippen molar-refractivity contribution < 1.29 is 30.6 Å². The number of benzene rings is 3. The van der Waals surface area contributed by atoms with Crippen LogP contribution in [0, 0.1) is 0 Å². The molecule has 4 radical (unpaired) electrons. The van der Waals surface area contributed by atoms with Gasteiger partial charge in [0.1, 0.15) is 0 Å². The Morgan fingerprint density at radius 3 is 0.520 bits per heavy atom. The molecule has 12 N–H and O–H groups in total. The summed E-state index contributed by atoms with van der Waals surface area (Å²) in [6, 6.07) is 20.1. The summed E-state index contributed by atoms with van der Waals surface area (Å²) in [5, 5.41) is 42.2. The molecule has 0 bridgehead atoms. The van der Waals surface area contributed by atoms with E-state index in [4.69, 9.17) is 30.6 Å². The molecule has 0 aliphatic heterocycles. The number of rotatable bonds is 0. The zero-order chi connectivity index (χ0) is 17.9. The molecule has 0 aliphatic rings. The first kappa shape index (κ1) is 22.0. The summed E-state index contributed by atoms with van der Waals surface area (Å²) in [5.41, 5.74) is 0. The van der Waals surface area contributed by atoms with E-state index < -0.39 is 0 Å². The second-order valence-electron chi connectivity index (χ2n) is 4.64. The van der Waals surface area contributed by atoms with Crippen molar-refractivity contribution in [2.75, 3.05) is 0 Å². The van der Waals surface area contributed by atoms with E-state index in [0.29, 0.717) is 0 Å². The number of para-hydroxylation sites is 6. The Hall–Kier alpha value is -3.00. The molecule has 0 heterocycles. The van der Waals surface area contributed by atoms with E-state index in [1.165, 1.54) is 0 Å². The standard InChI is InChI=1S/3C6H6O2.Ge/c3*7-5-3-1-2-4-6(5)8;/h3*1-4,7-8H;/p+6. The van der Waals surface area contributed by atoms with Gasteiger partial charge in [0.25, 0.3) is 0 Å². The van der Waals surface area contributed by atoms with Crippen molar-refractivity contribution in [3.8, 4) is 34.5 Å². The van der Waals surface area contributed by atoms with E-state index in [1.54, 1.807) is 72.8 Å². The van der Waals surface area contributed by atoms with Gasteiger partial charge in [-0.2, -0.15) is 0 Å². The van der Waals surface area contributed by atoms with Crippen molar-refractivity contribution in [2.24, 2.45) is 0 Å². The molecular weight excluding hydrogens is 385 g/mol. The molecular formula is C18H24GeO6+6. The van der Waals surface area contributed by atoms with Crippen LogP contribution in [-0.4, -0.2) is 48.2 Å². The molecule has 0 aromatic heterocycles. The van der Waals surface area contributed by atoms with Gasteiger partial charge in [-0.3, -0.25) is 0 Å². The molecule has 0 spiro atoms. The normalized spacial score (nSPS) is 8.64. The first-order valence-corrected chi connectivity index (χ1v) is 6.98. The Labute approximate surface area is 155 Å². The van der Waals surface area contributed by atoms with Gasteiger partial charge in [0, 0.05) is 54.0 Å². The number of hydrogen-bond donors (Lipinski definition) is 0. The molecule has 3 aromatic carbocycles. The van der Waals surface area contributed by atoms with Gasteiger partial charge in [-0.1, -0.05) is 36.4 Å². The van der Waals surface area contributed by atoms with Crippen LogP contribution in [0.25, 0.3) is 0 Å². The molecule has 0 fully saturated rings. The third-order valence-electron chi connectivity index (χ3n) is 2.78. The molecule has 3 rings (SSSR count). The van der Waals surface area contributed by atoms with Gasteiger partial charge in [0.05, 0.1) is 0 Å². The van der Waals surface area contributed by atoms with Crippen LogP contribution >= 0.6 is 0 Å². The van der Waals surface area contributed by atoms with E-state index in [9.17, 15) is 0 Å². The van der Waals surface area contributed by atoms with Gasteiger partial charge < -0.3 is 30.6 Å². The Bertz CT molecular complexity index is 597. The maximum absolute atomic E-state index is 7.03. The first-order valence-electron chi connectivity index (χ1n) is 6.98. The van der Waals surface area contributed by atoms with Crippen LogP contribution in [0.3, 0.4) is 0 Å². The Balaban J connectivity index is 0.000000339. The Kier molecular flexibility index (Phi) is 10.1. The van der Waals surface area contributed by atoms with Gasteiger partial charge >= 0.3 is 34.5 Å². The predicted molar refractivity (Wildman–Crippen MR) is 103 cm³/mol. The van der Waals surface area contributed by atoms with Crippen molar-refractivity contribution in [1.29, 1.82) is 0 Å². The van der Waals surface area contributed by atoms with Crippen molar-refractivity contribution in [1.82, 2.24) is 0 Å². The van der Waals surface area contributed by atoms with Crippen LogP contribution in [0.1, 0.15) is 0 Å². The van der Waals surface area contributed by atoms with E-state index >= 15 is 0 Å². The van der Waals surface area contributed by atoms with Crippen LogP contribution in [0.4, 0.5) is 0 Å². The van der Waals surface area contributed by atoms with E-state index in [1.807, 2.05) is 0 Å². The van der Waals surface area contributed by atoms with Crippen molar-refractivity contribution in [2.45, 2.75) is 0 Å². The average molecular weight is 409 g/mol. The SMILES string of the molecule is [Ge].[OH2+]c1ccccc1[OH2+].[OH2+]c1ccccc1[OH2+].[OH2+]c1ccccc1[OH2+]. The molecule has 0 saturated carbocycles. The molecule has 0 aliphatic carbocycles. The second-order valence-corrected chi connectivity index (χ2v) is 4.64. The number of hydrogen-bond acceptors (Lipinski definition) is 0. The smallest absolute Gasteiger partial charge is 0.351 e. The topological polar surface area (TPSA) is 137 Å². The van der Waals surface area contributed by atoms with Gasteiger partial charge in [-0.15, -0.1) is 0 Å². The quantitative estimate of drug-likeness (QED) is 0.391. The summed E-state index contributed by atoms with van der Waals surface area (Å²) in [7, 11) is 0. The predicted octanol–water partition coefficient (Wildman–Crippen LogP) is 1.31. The average Bonchev–Trinajstić information content (AvgIpc) is 2.57. The molecule has 130 valence electrons. The van der Waals surface area contributed by atoms with E-state index in [-0.39, 0.29) is 52.1 Å². The van der Waals surface area contributed by atoms with Crippen molar-refractivity contribution in [3.63, 3.8) is 0 Å². The van der Waals surface area contributed by atoms with Crippen molar-refractivity contribution in [3.05, 3.63) is 72.8 Å². The third kappa shape index (κ3) is 8.43. The third-order valence-corrected chi connectivity index (χ3v) is 2.78. The summed E-state index contributed by atoms with van der Waals surface area (Å²) >= 11 is 0. The monoisotopic (exact) mass is 410 g/mol. The van der Waals surface area contributed by atoms with E-state index in [2.05, 4.69) is 0 Å². The Morgan fingerprint density at radius 1 is 0.320 bits per heavy atom. The first-order chi connectivity index (χ1) is 11.4.